The minimum absolute atomic E-state index is 0.328. The van der Waals surface area contributed by atoms with Gasteiger partial charge in [-0.25, -0.2) is 10.6 Å². The van der Waals surface area contributed by atoms with Crippen molar-refractivity contribution in [1.29, 1.82) is 0 Å². The molecule has 6 nitrogen and oxygen atoms in total. The second-order valence-electron chi connectivity index (χ2n) is 7.09. The minimum Gasteiger partial charge on any atom is -0.489 e. The van der Waals surface area contributed by atoms with Crippen molar-refractivity contribution in [2.45, 2.75) is 34.3 Å². The summed E-state index contributed by atoms with van der Waals surface area (Å²) in [6.07, 6.45) is 0. The number of carbonyl (C=O) groups excluding carboxylic acids is 1. The van der Waals surface area contributed by atoms with Crippen LogP contribution in [0.25, 0.3) is 11.3 Å². The van der Waals surface area contributed by atoms with E-state index in [4.69, 9.17) is 10.6 Å². The molecule has 0 fully saturated rings. The van der Waals surface area contributed by atoms with E-state index in [0.717, 1.165) is 45.0 Å². The average Bonchev–Trinajstić information content (AvgIpc) is 2.70. The SMILES string of the molecule is Cc1ccc(C)c(-c2ccc(OCc3c(C)cccc3NC(=O)NN)c(C)c2)n1. The van der Waals surface area contributed by atoms with E-state index >= 15 is 0 Å². The zero-order chi connectivity index (χ0) is 21.0. The van der Waals surface area contributed by atoms with Crippen LogP contribution in [0.15, 0.2) is 48.5 Å². The molecule has 6 heteroatoms. The molecule has 0 unspecified atom stereocenters. The number of rotatable bonds is 5. The normalized spacial score (nSPS) is 10.5. The maximum absolute atomic E-state index is 11.6. The molecule has 0 saturated heterocycles. The lowest BCUT2D eigenvalue weighted by molar-refractivity contribution is 0.252. The van der Waals surface area contributed by atoms with Gasteiger partial charge in [-0.15, -0.1) is 0 Å². The topological polar surface area (TPSA) is 89.3 Å². The van der Waals surface area contributed by atoms with Gasteiger partial charge >= 0.3 is 6.03 Å². The Morgan fingerprint density at radius 2 is 1.79 bits per heavy atom. The number of aryl methyl sites for hydroxylation is 4. The zero-order valence-corrected chi connectivity index (χ0v) is 17.2. The summed E-state index contributed by atoms with van der Waals surface area (Å²) in [6.45, 7) is 8.38. The molecule has 4 N–H and O–H groups in total. The van der Waals surface area contributed by atoms with Crippen LogP contribution in [-0.2, 0) is 6.61 Å². The van der Waals surface area contributed by atoms with Crippen LogP contribution in [0.3, 0.4) is 0 Å². The molecule has 0 aliphatic rings. The highest BCUT2D eigenvalue weighted by atomic mass is 16.5. The van der Waals surface area contributed by atoms with Gasteiger partial charge < -0.3 is 10.1 Å². The molecular formula is C23H26N4O2. The van der Waals surface area contributed by atoms with Crippen molar-refractivity contribution in [3.8, 4) is 17.0 Å². The average molecular weight is 390 g/mol. The van der Waals surface area contributed by atoms with Crippen molar-refractivity contribution in [3.63, 3.8) is 0 Å². The summed E-state index contributed by atoms with van der Waals surface area (Å²) in [4.78, 5) is 16.3. The van der Waals surface area contributed by atoms with E-state index in [1.54, 1.807) is 0 Å². The summed E-state index contributed by atoms with van der Waals surface area (Å²) in [6, 6.07) is 15.4. The fourth-order valence-electron chi connectivity index (χ4n) is 3.20. The number of nitrogens with zero attached hydrogens (tertiary/aromatic N) is 1. The number of ether oxygens (including phenoxy) is 1. The molecular weight excluding hydrogens is 364 g/mol. The van der Waals surface area contributed by atoms with Crippen LogP contribution in [-0.4, -0.2) is 11.0 Å². The number of carbonyl (C=O) groups is 1. The maximum atomic E-state index is 11.6. The summed E-state index contributed by atoms with van der Waals surface area (Å²) < 4.78 is 6.08. The first-order valence-electron chi connectivity index (χ1n) is 9.43. The van der Waals surface area contributed by atoms with E-state index in [1.807, 2.05) is 57.2 Å². The Bertz CT molecular complexity index is 1050. The van der Waals surface area contributed by atoms with Gasteiger partial charge in [-0.1, -0.05) is 18.2 Å². The highest BCUT2D eigenvalue weighted by Crippen LogP contribution is 2.29. The van der Waals surface area contributed by atoms with E-state index in [1.165, 1.54) is 0 Å². The van der Waals surface area contributed by atoms with Crippen molar-refractivity contribution >= 4 is 11.7 Å². The van der Waals surface area contributed by atoms with E-state index < -0.39 is 6.03 Å². The standard InChI is InChI=1S/C23H26N4O2/c1-14-6-5-7-20(26-23(28)27-24)19(14)13-29-21-11-10-18(12-16(21)3)22-15(2)8-9-17(4)25-22/h5-12H,13,24H2,1-4H3,(H2,26,27,28). The van der Waals surface area contributed by atoms with Gasteiger partial charge in [0.1, 0.15) is 12.4 Å². The van der Waals surface area contributed by atoms with Gasteiger partial charge in [-0.2, -0.15) is 0 Å². The Morgan fingerprint density at radius 1 is 1.00 bits per heavy atom. The lowest BCUT2D eigenvalue weighted by Crippen LogP contribution is -2.34. The molecule has 0 saturated carbocycles. The molecule has 1 heterocycles. The van der Waals surface area contributed by atoms with E-state index in [9.17, 15) is 4.79 Å². The van der Waals surface area contributed by atoms with Crippen LogP contribution in [0, 0.1) is 27.7 Å². The van der Waals surface area contributed by atoms with Crippen molar-refractivity contribution in [3.05, 3.63) is 76.5 Å². The van der Waals surface area contributed by atoms with Gasteiger partial charge in [0.15, 0.2) is 0 Å². The number of nitrogens with one attached hydrogen (secondary N) is 2. The second-order valence-corrected chi connectivity index (χ2v) is 7.09. The van der Waals surface area contributed by atoms with E-state index in [-0.39, 0.29) is 0 Å². The zero-order valence-electron chi connectivity index (χ0n) is 17.2. The molecule has 0 aliphatic carbocycles. The monoisotopic (exact) mass is 390 g/mol. The minimum atomic E-state index is -0.474. The van der Waals surface area contributed by atoms with Gasteiger partial charge in [-0.05, 0) is 74.7 Å². The molecule has 1 aromatic heterocycles. The van der Waals surface area contributed by atoms with E-state index in [0.29, 0.717) is 12.3 Å². The first-order valence-corrected chi connectivity index (χ1v) is 9.43. The molecule has 2 amide bonds. The first kappa shape index (κ1) is 20.4. The van der Waals surface area contributed by atoms with Gasteiger partial charge in [0, 0.05) is 22.5 Å². The number of benzene rings is 2. The molecule has 0 spiro atoms. The van der Waals surface area contributed by atoms with Crippen LogP contribution in [0.4, 0.5) is 10.5 Å². The first-order chi connectivity index (χ1) is 13.9. The van der Waals surface area contributed by atoms with Crippen LogP contribution in [0.5, 0.6) is 5.75 Å². The largest absolute Gasteiger partial charge is 0.489 e. The van der Waals surface area contributed by atoms with Gasteiger partial charge in [-0.3, -0.25) is 10.4 Å². The van der Waals surface area contributed by atoms with Gasteiger partial charge in [0.2, 0.25) is 0 Å². The summed E-state index contributed by atoms with van der Waals surface area (Å²) in [5.74, 6) is 5.96. The number of nitrogens with two attached hydrogens (primary N) is 1. The number of urea groups is 1. The van der Waals surface area contributed by atoms with Crippen molar-refractivity contribution < 1.29 is 9.53 Å². The smallest absolute Gasteiger partial charge is 0.333 e. The second kappa shape index (κ2) is 8.75. The summed E-state index contributed by atoms with van der Waals surface area (Å²) in [5, 5.41) is 2.73. The molecule has 2 aromatic carbocycles. The molecule has 0 radical (unpaired) electrons. The molecule has 0 aliphatic heterocycles. The number of amides is 2. The molecule has 29 heavy (non-hydrogen) atoms. The Kier molecular flexibility index (Phi) is 6.14. The van der Waals surface area contributed by atoms with Crippen molar-refractivity contribution in [2.24, 2.45) is 5.84 Å². The third-order valence-electron chi connectivity index (χ3n) is 4.85. The Hall–Kier alpha value is -3.38. The number of hydrazine groups is 1. The Labute approximate surface area is 171 Å². The van der Waals surface area contributed by atoms with Crippen LogP contribution in [0.2, 0.25) is 0 Å². The highest BCUT2D eigenvalue weighted by Gasteiger charge is 2.11. The van der Waals surface area contributed by atoms with Gasteiger partial charge in [0.25, 0.3) is 0 Å². The quantitative estimate of drug-likeness (QED) is 0.339. The third kappa shape index (κ3) is 4.73. The Morgan fingerprint density at radius 3 is 2.52 bits per heavy atom. The maximum Gasteiger partial charge on any atom is 0.333 e. The lowest BCUT2D eigenvalue weighted by atomic mass is 10.0. The van der Waals surface area contributed by atoms with Crippen LogP contribution < -0.4 is 21.3 Å². The fraction of sp³-hybridized carbons (Fsp3) is 0.217. The van der Waals surface area contributed by atoms with Crippen LogP contribution >= 0.6 is 0 Å². The van der Waals surface area contributed by atoms with E-state index in [2.05, 4.69) is 34.8 Å². The predicted molar refractivity (Wildman–Crippen MR) is 116 cm³/mol. The molecule has 3 rings (SSSR count). The summed E-state index contributed by atoms with van der Waals surface area (Å²) >= 11 is 0. The molecule has 0 bridgehead atoms. The van der Waals surface area contributed by atoms with Crippen molar-refractivity contribution in [2.75, 3.05) is 5.32 Å². The number of anilines is 1. The Balaban J connectivity index is 1.82. The van der Waals surface area contributed by atoms with Crippen LogP contribution in [0.1, 0.15) is 27.9 Å². The summed E-state index contributed by atoms with van der Waals surface area (Å²) in [7, 11) is 0. The van der Waals surface area contributed by atoms with Gasteiger partial charge in [0.05, 0.1) is 5.69 Å². The lowest BCUT2D eigenvalue weighted by Gasteiger charge is -2.16. The fourth-order valence-corrected chi connectivity index (χ4v) is 3.20. The molecule has 150 valence electrons. The third-order valence-corrected chi connectivity index (χ3v) is 4.85. The number of hydrogen-bond acceptors (Lipinski definition) is 4. The summed E-state index contributed by atoms with van der Waals surface area (Å²) in [5.41, 5.74) is 9.86. The predicted octanol–water partition coefficient (Wildman–Crippen LogP) is 4.56. The van der Waals surface area contributed by atoms with Crippen molar-refractivity contribution in [1.82, 2.24) is 10.4 Å². The number of hydrogen-bond donors (Lipinski definition) is 3. The number of aromatic nitrogens is 1. The molecule has 3 aromatic rings. The molecule has 0 atom stereocenters. The highest BCUT2D eigenvalue weighted by molar-refractivity contribution is 5.89. The number of pyridine rings is 1.